The van der Waals surface area contributed by atoms with E-state index in [1.54, 1.807) is 18.2 Å². The number of halogens is 2. The number of benzene rings is 1. The molecular weight excluding hydrogens is 241 g/mol. The second kappa shape index (κ2) is 5.49. The first-order chi connectivity index (χ1) is 6.65. The molecule has 1 N–H and O–H groups in total. The Hall–Kier alpha value is -0.380. The van der Waals surface area contributed by atoms with Gasteiger partial charge in [-0.1, -0.05) is 29.3 Å². The second-order valence-electron chi connectivity index (χ2n) is 2.62. The fourth-order valence-electron chi connectivity index (χ4n) is 0.915. The zero-order valence-corrected chi connectivity index (χ0v) is 9.66. The van der Waals surface area contributed by atoms with Gasteiger partial charge >= 0.3 is 0 Å². The number of anilines is 1. The van der Waals surface area contributed by atoms with Crippen LogP contribution in [-0.2, 0) is 4.79 Å². The minimum atomic E-state index is -0.121. The number of carbonyl (C=O) groups is 1. The number of rotatable bonds is 3. The lowest BCUT2D eigenvalue weighted by Gasteiger charge is -2.06. The Labute approximate surface area is 98.0 Å². The van der Waals surface area contributed by atoms with Gasteiger partial charge in [-0.05, 0) is 17.9 Å². The molecule has 14 heavy (non-hydrogen) atoms. The Morgan fingerprint density at radius 3 is 2.79 bits per heavy atom. The first kappa shape index (κ1) is 11.7. The Balaban J connectivity index is 2.76. The van der Waals surface area contributed by atoms with Gasteiger partial charge in [0.2, 0.25) is 5.91 Å². The molecule has 0 saturated heterocycles. The summed E-state index contributed by atoms with van der Waals surface area (Å²) < 4.78 is 0. The minimum Gasteiger partial charge on any atom is -0.325 e. The Kier molecular flexibility index (Phi) is 4.58. The first-order valence-electron chi connectivity index (χ1n) is 4.00. The highest BCUT2D eigenvalue weighted by Crippen LogP contribution is 2.29. The third-order valence-corrected chi connectivity index (χ3v) is 2.61. The maximum absolute atomic E-state index is 11.2. The lowest BCUT2D eigenvalue weighted by Crippen LogP contribution is -2.11. The molecule has 1 rings (SSSR count). The van der Waals surface area contributed by atoms with Gasteiger partial charge in [0.25, 0.3) is 0 Å². The van der Waals surface area contributed by atoms with Crippen molar-refractivity contribution in [1.29, 1.82) is 0 Å². The van der Waals surface area contributed by atoms with Crippen LogP contribution in [0.25, 0.3) is 0 Å². The SMILES string of the molecule is O=C(CCS)Nc1cccc(Cl)c1Cl. The van der Waals surface area contributed by atoms with Crippen molar-refractivity contribution >= 4 is 47.4 Å². The molecule has 0 atom stereocenters. The van der Waals surface area contributed by atoms with E-state index in [2.05, 4.69) is 17.9 Å². The van der Waals surface area contributed by atoms with Gasteiger partial charge < -0.3 is 5.32 Å². The van der Waals surface area contributed by atoms with Crippen molar-refractivity contribution in [2.75, 3.05) is 11.1 Å². The summed E-state index contributed by atoms with van der Waals surface area (Å²) in [6.45, 7) is 0. The van der Waals surface area contributed by atoms with Gasteiger partial charge in [-0.2, -0.15) is 12.6 Å². The van der Waals surface area contributed by atoms with Crippen LogP contribution in [0, 0.1) is 0 Å². The van der Waals surface area contributed by atoms with Gasteiger partial charge in [-0.3, -0.25) is 4.79 Å². The molecule has 0 saturated carbocycles. The summed E-state index contributed by atoms with van der Waals surface area (Å²) in [5, 5.41) is 3.44. The van der Waals surface area contributed by atoms with E-state index in [0.29, 0.717) is 27.9 Å². The van der Waals surface area contributed by atoms with E-state index >= 15 is 0 Å². The molecule has 0 heterocycles. The molecule has 0 radical (unpaired) electrons. The largest absolute Gasteiger partial charge is 0.325 e. The van der Waals surface area contributed by atoms with Gasteiger partial charge in [0.05, 0.1) is 15.7 Å². The smallest absolute Gasteiger partial charge is 0.225 e. The van der Waals surface area contributed by atoms with Gasteiger partial charge in [-0.15, -0.1) is 0 Å². The van der Waals surface area contributed by atoms with Crippen LogP contribution in [0.3, 0.4) is 0 Å². The summed E-state index contributed by atoms with van der Waals surface area (Å²) in [6.07, 6.45) is 0.353. The van der Waals surface area contributed by atoms with E-state index in [4.69, 9.17) is 23.2 Å². The molecule has 0 aliphatic carbocycles. The molecule has 2 nitrogen and oxygen atoms in total. The van der Waals surface area contributed by atoms with Crippen molar-refractivity contribution in [2.45, 2.75) is 6.42 Å². The molecule has 0 aliphatic rings. The summed E-state index contributed by atoms with van der Waals surface area (Å²) >= 11 is 15.6. The Bertz CT molecular complexity index is 344. The minimum absolute atomic E-state index is 0.121. The van der Waals surface area contributed by atoms with Gasteiger partial charge in [0.1, 0.15) is 0 Å². The van der Waals surface area contributed by atoms with E-state index in [9.17, 15) is 4.79 Å². The molecule has 1 aromatic rings. The van der Waals surface area contributed by atoms with Crippen molar-refractivity contribution in [3.05, 3.63) is 28.2 Å². The molecule has 5 heteroatoms. The topological polar surface area (TPSA) is 29.1 Å². The summed E-state index contributed by atoms with van der Waals surface area (Å²) in [6, 6.07) is 5.09. The Morgan fingerprint density at radius 2 is 2.14 bits per heavy atom. The Morgan fingerprint density at radius 1 is 1.43 bits per heavy atom. The van der Waals surface area contributed by atoms with Crippen LogP contribution in [0.2, 0.25) is 10.0 Å². The van der Waals surface area contributed by atoms with Crippen LogP contribution < -0.4 is 5.32 Å². The van der Waals surface area contributed by atoms with E-state index in [0.717, 1.165) is 0 Å². The molecular formula is C9H9Cl2NOS. The normalized spacial score (nSPS) is 9.93. The zero-order chi connectivity index (χ0) is 10.6. The molecule has 0 unspecified atom stereocenters. The van der Waals surface area contributed by atoms with Crippen molar-refractivity contribution in [2.24, 2.45) is 0 Å². The fraction of sp³-hybridized carbons (Fsp3) is 0.222. The fourth-order valence-corrected chi connectivity index (χ4v) is 1.47. The predicted octanol–water partition coefficient (Wildman–Crippen LogP) is 3.25. The maximum Gasteiger partial charge on any atom is 0.225 e. The highest BCUT2D eigenvalue weighted by molar-refractivity contribution is 7.80. The first-order valence-corrected chi connectivity index (χ1v) is 5.38. The molecule has 76 valence electrons. The molecule has 1 amide bonds. The molecule has 1 aromatic carbocycles. The number of hydrogen-bond acceptors (Lipinski definition) is 2. The summed E-state index contributed by atoms with van der Waals surface area (Å²) in [7, 11) is 0. The van der Waals surface area contributed by atoms with Crippen molar-refractivity contribution in [1.82, 2.24) is 0 Å². The predicted molar refractivity (Wildman–Crippen MR) is 63.6 cm³/mol. The van der Waals surface area contributed by atoms with Crippen LogP contribution >= 0.6 is 35.8 Å². The lowest BCUT2D eigenvalue weighted by molar-refractivity contribution is -0.115. The van der Waals surface area contributed by atoms with Crippen molar-refractivity contribution in [3.63, 3.8) is 0 Å². The summed E-state index contributed by atoms with van der Waals surface area (Å²) in [5.74, 6) is 0.383. The van der Waals surface area contributed by atoms with Gasteiger partial charge in [0.15, 0.2) is 0 Å². The number of carbonyl (C=O) groups excluding carboxylic acids is 1. The van der Waals surface area contributed by atoms with E-state index in [-0.39, 0.29) is 5.91 Å². The van der Waals surface area contributed by atoms with E-state index < -0.39 is 0 Å². The van der Waals surface area contributed by atoms with Gasteiger partial charge in [0, 0.05) is 6.42 Å². The third kappa shape index (κ3) is 3.08. The summed E-state index contributed by atoms with van der Waals surface area (Å²) in [4.78, 5) is 11.2. The molecule has 0 aromatic heterocycles. The maximum atomic E-state index is 11.2. The quantitative estimate of drug-likeness (QED) is 0.792. The van der Waals surface area contributed by atoms with Crippen LogP contribution in [-0.4, -0.2) is 11.7 Å². The number of nitrogens with one attached hydrogen (secondary N) is 1. The number of hydrogen-bond donors (Lipinski definition) is 2. The molecule has 0 bridgehead atoms. The van der Waals surface area contributed by atoms with Crippen LogP contribution in [0.5, 0.6) is 0 Å². The monoisotopic (exact) mass is 249 g/mol. The highest BCUT2D eigenvalue weighted by Gasteiger charge is 2.06. The third-order valence-electron chi connectivity index (χ3n) is 1.56. The number of amides is 1. The van der Waals surface area contributed by atoms with Crippen LogP contribution in [0.15, 0.2) is 18.2 Å². The molecule has 0 fully saturated rings. The standard InChI is InChI=1S/C9H9Cl2NOS/c10-6-2-1-3-7(9(6)11)12-8(13)4-5-14/h1-3,14H,4-5H2,(H,12,13). The molecule has 0 aliphatic heterocycles. The highest BCUT2D eigenvalue weighted by atomic mass is 35.5. The van der Waals surface area contributed by atoms with E-state index in [1.165, 1.54) is 0 Å². The van der Waals surface area contributed by atoms with E-state index in [1.807, 2.05) is 0 Å². The average molecular weight is 250 g/mol. The van der Waals surface area contributed by atoms with Crippen LogP contribution in [0.1, 0.15) is 6.42 Å². The van der Waals surface area contributed by atoms with Crippen molar-refractivity contribution < 1.29 is 4.79 Å². The lowest BCUT2D eigenvalue weighted by atomic mass is 10.3. The number of thiol groups is 1. The van der Waals surface area contributed by atoms with Crippen LogP contribution in [0.4, 0.5) is 5.69 Å². The zero-order valence-electron chi connectivity index (χ0n) is 7.26. The van der Waals surface area contributed by atoms with Gasteiger partial charge in [-0.25, -0.2) is 0 Å². The summed E-state index contributed by atoms with van der Waals surface area (Å²) in [5.41, 5.74) is 0.533. The second-order valence-corrected chi connectivity index (χ2v) is 3.86. The molecule has 0 spiro atoms. The average Bonchev–Trinajstić information content (AvgIpc) is 2.13. The van der Waals surface area contributed by atoms with Crippen molar-refractivity contribution in [3.8, 4) is 0 Å².